The molecule has 3 rings (SSSR count). The molecule has 1 aliphatic carbocycles. The number of hydrogen-bond acceptors (Lipinski definition) is 4. The zero-order valence-electron chi connectivity index (χ0n) is 16.4. The molecule has 0 radical (unpaired) electrons. The summed E-state index contributed by atoms with van der Waals surface area (Å²) in [5, 5.41) is 9.05. The molecular formula is C21H23F3N4O. The maximum atomic E-state index is 13.4. The highest BCUT2D eigenvalue weighted by molar-refractivity contribution is 5.67. The van der Waals surface area contributed by atoms with Gasteiger partial charge in [0.2, 0.25) is 0 Å². The lowest BCUT2D eigenvalue weighted by atomic mass is 10.0. The quantitative estimate of drug-likeness (QED) is 0.682. The van der Waals surface area contributed by atoms with E-state index in [-0.39, 0.29) is 11.6 Å². The van der Waals surface area contributed by atoms with Gasteiger partial charge in [-0.25, -0.2) is 4.98 Å². The van der Waals surface area contributed by atoms with Crippen molar-refractivity contribution in [2.75, 3.05) is 25.2 Å². The minimum Gasteiger partial charge on any atom is -0.383 e. The van der Waals surface area contributed by atoms with E-state index in [0.29, 0.717) is 25.3 Å². The molecule has 1 unspecified atom stereocenters. The third-order valence-electron chi connectivity index (χ3n) is 5.21. The number of nitrogens with zero attached hydrogens (tertiary/aromatic N) is 4. The highest BCUT2D eigenvalue weighted by atomic mass is 19.4. The van der Waals surface area contributed by atoms with Crippen molar-refractivity contribution < 1.29 is 17.9 Å². The number of anilines is 1. The highest BCUT2D eigenvalue weighted by Crippen LogP contribution is 2.37. The molecule has 1 atom stereocenters. The molecule has 29 heavy (non-hydrogen) atoms. The molecule has 1 aromatic carbocycles. The van der Waals surface area contributed by atoms with Crippen LogP contribution in [0.5, 0.6) is 0 Å². The minimum atomic E-state index is -4.58. The van der Waals surface area contributed by atoms with Crippen LogP contribution in [-0.4, -0.2) is 35.9 Å². The number of ether oxygens (including phenoxy) is 1. The SMILES string of the molecule is CCn1cncc1C1=CCC(N(CCOC)c2ccc(C#N)c(C(F)(F)F)c2)C1. The maximum absolute atomic E-state index is 13.4. The number of aryl methyl sites for hydroxylation is 1. The molecule has 0 saturated heterocycles. The fourth-order valence-corrected chi connectivity index (χ4v) is 3.74. The maximum Gasteiger partial charge on any atom is 0.417 e. The second-order valence-electron chi connectivity index (χ2n) is 6.91. The first kappa shape index (κ1) is 20.9. The first-order chi connectivity index (χ1) is 13.9. The van der Waals surface area contributed by atoms with E-state index in [1.807, 2.05) is 18.0 Å². The van der Waals surface area contributed by atoms with Crippen LogP contribution in [0, 0.1) is 11.3 Å². The number of aromatic nitrogens is 2. The summed E-state index contributed by atoms with van der Waals surface area (Å²) in [6, 6.07) is 5.54. The molecule has 0 N–H and O–H groups in total. The second-order valence-corrected chi connectivity index (χ2v) is 6.91. The third kappa shape index (κ3) is 4.46. The highest BCUT2D eigenvalue weighted by Gasteiger charge is 2.35. The molecule has 0 saturated carbocycles. The van der Waals surface area contributed by atoms with Crippen LogP contribution in [-0.2, 0) is 17.5 Å². The van der Waals surface area contributed by atoms with Gasteiger partial charge in [-0.15, -0.1) is 0 Å². The number of halogens is 3. The van der Waals surface area contributed by atoms with Gasteiger partial charge >= 0.3 is 6.18 Å². The van der Waals surface area contributed by atoms with Gasteiger partial charge in [-0.1, -0.05) is 6.08 Å². The standard InChI is InChI=1S/C21H23F3N4O/c1-3-27-14-26-13-20(27)15-4-6-17(10-15)28(8-9-29-2)18-7-5-16(12-25)19(11-18)21(22,23)24/h4-5,7,11,13-14,17H,3,6,8-10H2,1-2H3. The van der Waals surface area contributed by atoms with Crippen molar-refractivity contribution >= 4 is 11.3 Å². The zero-order chi connectivity index (χ0) is 21.0. The molecule has 2 aromatic rings. The minimum absolute atomic E-state index is 0.00868. The van der Waals surface area contributed by atoms with Gasteiger partial charge < -0.3 is 14.2 Å². The Bertz CT molecular complexity index is 927. The molecular weight excluding hydrogens is 381 g/mol. The van der Waals surface area contributed by atoms with Gasteiger partial charge in [0, 0.05) is 31.9 Å². The molecule has 5 nitrogen and oxygen atoms in total. The summed E-state index contributed by atoms with van der Waals surface area (Å²) in [4.78, 5) is 6.15. The Morgan fingerprint density at radius 3 is 2.83 bits per heavy atom. The second kappa shape index (κ2) is 8.70. The lowest BCUT2D eigenvalue weighted by Gasteiger charge is -2.32. The van der Waals surface area contributed by atoms with E-state index in [1.165, 1.54) is 6.07 Å². The van der Waals surface area contributed by atoms with Crippen molar-refractivity contribution in [3.63, 3.8) is 0 Å². The van der Waals surface area contributed by atoms with E-state index in [2.05, 4.69) is 15.6 Å². The predicted octanol–water partition coefficient (Wildman–Crippen LogP) is 4.49. The van der Waals surface area contributed by atoms with E-state index >= 15 is 0 Å². The Morgan fingerprint density at radius 2 is 2.17 bits per heavy atom. The molecule has 1 aromatic heterocycles. The molecule has 0 bridgehead atoms. The average molecular weight is 404 g/mol. The van der Waals surface area contributed by atoms with Crippen molar-refractivity contribution in [1.29, 1.82) is 5.26 Å². The fraction of sp³-hybridized carbons (Fsp3) is 0.429. The predicted molar refractivity (Wildman–Crippen MR) is 104 cm³/mol. The van der Waals surface area contributed by atoms with Gasteiger partial charge in [0.05, 0.1) is 42.0 Å². The number of hydrogen-bond donors (Lipinski definition) is 0. The summed E-state index contributed by atoms with van der Waals surface area (Å²) in [6.45, 7) is 3.69. The van der Waals surface area contributed by atoms with E-state index < -0.39 is 11.7 Å². The van der Waals surface area contributed by atoms with Crippen molar-refractivity contribution in [2.24, 2.45) is 0 Å². The van der Waals surface area contributed by atoms with Crippen molar-refractivity contribution in [1.82, 2.24) is 9.55 Å². The number of alkyl halides is 3. The number of methoxy groups -OCH3 is 1. The number of imidazole rings is 1. The molecule has 0 spiro atoms. The summed E-state index contributed by atoms with van der Waals surface area (Å²) >= 11 is 0. The first-order valence-corrected chi connectivity index (χ1v) is 9.45. The number of benzene rings is 1. The third-order valence-corrected chi connectivity index (χ3v) is 5.21. The normalized spacial score (nSPS) is 16.6. The molecule has 0 amide bonds. The number of nitriles is 1. The topological polar surface area (TPSA) is 54.1 Å². The van der Waals surface area contributed by atoms with Gasteiger partial charge in [0.15, 0.2) is 0 Å². The Morgan fingerprint density at radius 1 is 1.38 bits per heavy atom. The van der Waals surface area contributed by atoms with Crippen LogP contribution >= 0.6 is 0 Å². The first-order valence-electron chi connectivity index (χ1n) is 9.45. The zero-order valence-corrected chi connectivity index (χ0v) is 16.4. The van der Waals surface area contributed by atoms with Gasteiger partial charge in [0.1, 0.15) is 0 Å². The van der Waals surface area contributed by atoms with Crippen molar-refractivity contribution in [3.05, 3.63) is 53.6 Å². The van der Waals surface area contributed by atoms with E-state index in [1.54, 1.807) is 25.6 Å². The smallest absolute Gasteiger partial charge is 0.383 e. The number of rotatable bonds is 7. The van der Waals surface area contributed by atoms with Crippen molar-refractivity contribution in [3.8, 4) is 6.07 Å². The van der Waals surface area contributed by atoms with Crippen LogP contribution < -0.4 is 4.90 Å². The van der Waals surface area contributed by atoms with Gasteiger partial charge in [-0.3, -0.25) is 0 Å². The monoisotopic (exact) mass is 404 g/mol. The van der Waals surface area contributed by atoms with Crippen LogP contribution in [0.2, 0.25) is 0 Å². The van der Waals surface area contributed by atoms with E-state index in [0.717, 1.165) is 30.3 Å². The molecule has 1 aliphatic rings. The summed E-state index contributed by atoms with van der Waals surface area (Å²) < 4.78 is 47.5. The van der Waals surface area contributed by atoms with Crippen molar-refractivity contribution in [2.45, 2.75) is 38.5 Å². The Labute approximate surface area is 168 Å². The Hall–Kier alpha value is -2.79. The van der Waals surface area contributed by atoms with Gasteiger partial charge in [-0.2, -0.15) is 18.4 Å². The summed E-state index contributed by atoms with van der Waals surface area (Å²) in [6.07, 6.45) is 2.57. The average Bonchev–Trinajstić information content (AvgIpc) is 3.36. The fourth-order valence-electron chi connectivity index (χ4n) is 3.74. The Kier molecular flexibility index (Phi) is 6.28. The largest absolute Gasteiger partial charge is 0.417 e. The molecule has 0 fully saturated rings. The van der Waals surface area contributed by atoms with Gasteiger partial charge in [0.25, 0.3) is 0 Å². The molecule has 154 valence electrons. The summed E-state index contributed by atoms with van der Waals surface area (Å²) in [5.41, 5.74) is 1.34. The van der Waals surface area contributed by atoms with Crippen LogP contribution in [0.1, 0.15) is 36.6 Å². The molecule has 0 aliphatic heterocycles. The summed E-state index contributed by atoms with van der Waals surface area (Å²) in [5.74, 6) is 0. The molecule has 1 heterocycles. The van der Waals surface area contributed by atoms with Crippen LogP contribution in [0.15, 0.2) is 36.8 Å². The van der Waals surface area contributed by atoms with Crippen LogP contribution in [0.25, 0.3) is 5.57 Å². The lowest BCUT2D eigenvalue weighted by molar-refractivity contribution is -0.137. The lowest BCUT2D eigenvalue weighted by Crippen LogP contribution is -2.36. The van der Waals surface area contributed by atoms with Crippen LogP contribution in [0.3, 0.4) is 0 Å². The molecule has 8 heteroatoms. The van der Waals surface area contributed by atoms with E-state index in [4.69, 9.17) is 10.00 Å². The van der Waals surface area contributed by atoms with Gasteiger partial charge in [-0.05, 0) is 43.5 Å². The summed E-state index contributed by atoms with van der Waals surface area (Å²) in [7, 11) is 1.57. The van der Waals surface area contributed by atoms with Crippen LogP contribution in [0.4, 0.5) is 18.9 Å². The Balaban J connectivity index is 1.89. The van der Waals surface area contributed by atoms with E-state index in [9.17, 15) is 13.2 Å².